The highest BCUT2D eigenvalue weighted by atomic mass is 32.2. The Morgan fingerprint density at radius 2 is 1.79 bits per heavy atom. The van der Waals surface area contributed by atoms with E-state index in [0.717, 1.165) is 22.7 Å². The van der Waals surface area contributed by atoms with Crippen LogP contribution in [0.25, 0.3) is 5.70 Å². The number of rotatable bonds is 7. The van der Waals surface area contributed by atoms with E-state index in [1.807, 2.05) is 37.3 Å². The number of hydrogen-bond donors (Lipinski definition) is 2. The summed E-state index contributed by atoms with van der Waals surface area (Å²) >= 11 is 0. The molecule has 0 saturated heterocycles. The van der Waals surface area contributed by atoms with E-state index in [0.29, 0.717) is 6.61 Å². The molecule has 0 saturated carbocycles. The van der Waals surface area contributed by atoms with Crippen molar-refractivity contribution in [2.45, 2.75) is 11.8 Å². The van der Waals surface area contributed by atoms with Crippen LogP contribution >= 0.6 is 0 Å². The quantitative estimate of drug-likeness (QED) is 0.755. The monoisotopic (exact) mass is 344 g/mol. The topological polar surface area (TPSA) is 81.4 Å². The van der Waals surface area contributed by atoms with E-state index in [1.165, 1.54) is 12.1 Å². The zero-order valence-electron chi connectivity index (χ0n) is 13.4. The second-order valence-electron chi connectivity index (χ2n) is 4.97. The number of primary sulfonamides is 1. The van der Waals surface area contributed by atoms with Crippen LogP contribution in [0.5, 0.6) is 5.75 Å². The van der Waals surface area contributed by atoms with Crippen molar-refractivity contribution in [2.75, 3.05) is 11.9 Å². The maximum Gasteiger partial charge on any atom is 0.238 e. The number of hydrogen-bond acceptors (Lipinski definition) is 4. The molecule has 0 radical (unpaired) electrons. The number of anilines is 1. The molecule has 0 aromatic heterocycles. The normalized spacial score (nSPS) is 11.8. The predicted molar refractivity (Wildman–Crippen MR) is 97.2 cm³/mol. The van der Waals surface area contributed by atoms with Crippen molar-refractivity contribution in [2.24, 2.45) is 5.14 Å². The third-order valence-corrected chi connectivity index (χ3v) is 4.15. The van der Waals surface area contributed by atoms with Crippen LogP contribution in [0.4, 0.5) is 5.69 Å². The zero-order chi connectivity index (χ0) is 17.6. The molecule has 3 N–H and O–H groups in total. The summed E-state index contributed by atoms with van der Waals surface area (Å²) < 4.78 is 28.0. The van der Waals surface area contributed by atoms with E-state index in [1.54, 1.807) is 18.2 Å². The summed E-state index contributed by atoms with van der Waals surface area (Å²) in [7, 11) is -3.69. The Labute approximate surface area is 142 Å². The van der Waals surface area contributed by atoms with Gasteiger partial charge in [-0.3, -0.25) is 0 Å². The number of nitrogens with one attached hydrogen (secondary N) is 1. The molecule has 0 aliphatic heterocycles. The second kappa shape index (κ2) is 7.81. The van der Waals surface area contributed by atoms with Crippen LogP contribution in [0, 0.1) is 0 Å². The molecule has 2 rings (SSSR count). The van der Waals surface area contributed by atoms with Crippen LogP contribution in [0.3, 0.4) is 0 Å². The van der Waals surface area contributed by atoms with Crippen molar-refractivity contribution in [3.63, 3.8) is 0 Å². The minimum absolute atomic E-state index is 0.0726. The molecule has 126 valence electrons. The van der Waals surface area contributed by atoms with Crippen LogP contribution < -0.4 is 15.2 Å². The van der Waals surface area contributed by atoms with Gasteiger partial charge in [-0.2, -0.15) is 0 Å². The molecule has 0 heterocycles. The predicted octanol–water partition coefficient (Wildman–Crippen LogP) is 3.37. The van der Waals surface area contributed by atoms with Gasteiger partial charge >= 0.3 is 0 Å². The van der Waals surface area contributed by atoms with Gasteiger partial charge in [-0.1, -0.05) is 12.7 Å². The van der Waals surface area contributed by atoms with Gasteiger partial charge in [0, 0.05) is 11.4 Å². The Balaban J connectivity index is 2.22. The Hall–Kier alpha value is -2.57. The van der Waals surface area contributed by atoms with Crippen molar-refractivity contribution in [1.29, 1.82) is 0 Å². The fourth-order valence-corrected chi connectivity index (χ4v) is 2.62. The molecule has 0 aliphatic rings. The fourth-order valence-electron chi connectivity index (χ4n) is 2.11. The van der Waals surface area contributed by atoms with Gasteiger partial charge in [-0.05, 0) is 67.1 Å². The molecule has 6 heteroatoms. The fraction of sp³-hybridized carbons (Fsp3) is 0.111. The minimum Gasteiger partial charge on any atom is -0.494 e. The molecular formula is C18H20N2O3S. The highest BCUT2D eigenvalue weighted by Crippen LogP contribution is 2.22. The first-order chi connectivity index (χ1) is 11.4. The lowest BCUT2D eigenvalue weighted by atomic mass is 10.1. The van der Waals surface area contributed by atoms with Gasteiger partial charge in [0.2, 0.25) is 10.0 Å². The van der Waals surface area contributed by atoms with Gasteiger partial charge in [-0.25, -0.2) is 13.6 Å². The number of sulfonamides is 1. The third-order valence-electron chi connectivity index (χ3n) is 3.22. The van der Waals surface area contributed by atoms with E-state index in [-0.39, 0.29) is 4.90 Å². The second-order valence-corrected chi connectivity index (χ2v) is 6.53. The Kier molecular flexibility index (Phi) is 5.78. The number of ether oxygens (including phenoxy) is 1. The molecule has 0 amide bonds. The molecular weight excluding hydrogens is 324 g/mol. The zero-order valence-corrected chi connectivity index (χ0v) is 14.2. The van der Waals surface area contributed by atoms with E-state index >= 15 is 0 Å². The summed E-state index contributed by atoms with van der Waals surface area (Å²) in [6, 6.07) is 13.9. The van der Waals surface area contributed by atoms with Crippen LogP contribution in [0.2, 0.25) is 0 Å². The molecule has 24 heavy (non-hydrogen) atoms. The standard InChI is InChI=1S/C18H20N2O3S/c1-3-5-18(14-6-10-16(11-7-14)23-4-2)20-15-8-12-17(13-9-15)24(19,21)22/h3,5-13,20H,1,4H2,2H3,(H2,19,21,22)/b18-5-. The Bertz CT molecular complexity index is 824. The van der Waals surface area contributed by atoms with Crippen LogP contribution in [0.15, 0.2) is 72.2 Å². The molecule has 0 unspecified atom stereocenters. The lowest BCUT2D eigenvalue weighted by molar-refractivity contribution is 0.340. The van der Waals surface area contributed by atoms with Crippen molar-refractivity contribution in [1.82, 2.24) is 0 Å². The van der Waals surface area contributed by atoms with E-state index in [9.17, 15) is 8.42 Å². The maximum atomic E-state index is 11.3. The summed E-state index contributed by atoms with van der Waals surface area (Å²) in [5.74, 6) is 0.803. The van der Waals surface area contributed by atoms with Gasteiger partial charge in [0.1, 0.15) is 5.75 Å². The van der Waals surface area contributed by atoms with Crippen LogP contribution in [-0.2, 0) is 10.0 Å². The maximum absolute atomic E-state index is 11.3. The molecule has 0 fully saturated rings. The highest BCUT2D eigenvalue weighted by Gasteiger charge is 2.08. The first-order valence-corrected chi connectivity index (χ1v) is 8.94. The first-order valence-electron chi connectivity index (χ1n) is 7.40. The summed E-state index contributed by atoms with van der Waals surface area (Å²) in [4.78, 5) is 0.0726. The van der Waals surface area contributed by atoms with Crippen molar-refractivity contribution >= 4 is 21.4 Å². The van der Waals surface area contributed by atoms with Crippen LogP contribution in [0.1, 0.15) is 12.5 Å². The van der Waals surface area contributed by atoms with Crippen LogP contribution in [-0.4, -0.2) is 15.0 Å². The summed E-state index contributed by atoms with van der Waals surface area (Å²) in [5, 5.41) is 8.34. The van der Waals surface area contributed by atoms with E-state index in [4.69, 9.17) is 9.88 Å². The number of allylic oxidation sites excluding steroid dienone is 2. The summed E-state index contributed by atoms with van der Waals surface area (Å²) in [5.41, 5.74) is 2.52. The molecule has 5 nitrogen and oxygen atoms in total. The first kappa shape index (κ1) is 17.8. The average molecular weight is 344 g/mol. The molecule has 0 bridgehead atoms. The van der Waals surface area contributed by atoms with Gasteiger partial charge in [0.25, 0.3) is 0 Å². The molecule has 2 aromatic rings. The number of benzene rings is 2. The number of nitrogens with two attached hydrogens (primary N) is 1. The van der Waals surface area contributed by atoms with Gasteiger partial charge < -0.3 is 10.1 Å². The van der Waals surface area contributed by atoms with Crippen molar-refractivity contribution < 1.29 is 13.2 Å². The summed E-state index contributed by atoms with van der Waals surface area (Å²) in [6.07, 6.45) is 3.51. The molecule has 0 aliphatic carbocycles. The lowest BCUT2D eigenvalue weighted by Gasteiger charge is -2.12. The molecule has 0 spiro atoms. The largest absolute Gasteiger partial charge is 0.494 e. The van der Waals surface area contributed by atoms with E-state index in [2.05, 4.69) is 11.9 Å². The van der Waals surface area contributed by atoms with Gasteiger partial charge in [-0.15, -0.1) is 0 Å². The van der Waals surface area contributed by atoms with Gasteiger partial charge in [0.15, 0.2) is 0 Å². The smallest absolute Gasteiger partial charge is 0.238 e. The van der Waals surface area contributed by atoms with Gasteiger partial charge in [0.05, 0.1) is 11.5 Å². The average Bonchev–Trinajstić information content (AvgIpc) is 2.55. The van der Waals surface area contributed by atoms with Crippen molar-refractivity contribution in [3.05, 3.63) is 72.8 Å². The highest BCUT2D eigenvalue weighted by molar-refractivity contribution is 7.89. The molecule has 2 aromatic carbocycles. The minimum atomic E-state index is -3.69. The SMILES string of the molecule is C=C/C=C(\Nc1ccc(S(N)(=O)=O)cc1)c1ccc(OCC)cc1. The van der Waals surface area contributed by atoms with E-state index < -0.39 is 10.0 Å². The molecule has 0 atom stereocenters. The Morgan fingerprint density at radius 1 is 1.17 bits per heavy atom. The lowest BCUT2D eigenvalue weighted by Crippen LogP contribution is -2.11. The third kappa shape index (κ3) is 4.71. The van der Waals surface area contributed by atoms with Crippen molar-refractivity contribution in [3.8, 4) is 5.75 Å². The summed E-state index contributed by atoms with van der Waals surface area (Å²) in [6.45, 7) is 6.27. The Morgan fingerprint density at radius 3 is 2.29 bits per heavy atom.